The predicted octanol–water partition coefficient (Wildman–Crippen LogP) is 1.29. The van der Waals surface area contributed by atoms with Crippen molar-refractivity contribution in [2.24, 2.45) is 0 Å². The van der Waals surface area contributed by atoms with Crippen molar-refractivity contribution in [3.05, 3.63) is 61.9 Å². The topological polar surface area (TPSA) is 69.0 Å². The third-order valence-corrected chi connectivity index (χ3v) is 3.51. The zero-order valence-electron chi connectivity index (χ0n) is 11.1. The summed E-state index contributed by atoms with van der Waals surface area (Å²) < 4.78 is 26.7. The summed E-state index contributed by atoms with van der Waals surface area (Å²) >= 11 is 0. The lowest BCUT2D eigenvalue weighted by molar-refractivity contribution is 0.504. The monoisotopic (exact) mass is 293 g/mol. The first-order valence-corrected chi connectivity index (χ1v) is 6.58. The number of H-pyrrole nitrogens is 2. The summed E-state index contributed by atoms with van der Waals surface area (Å²) in [5.74, 6) is -1.76. The van der Waals surface area contributed by atoms with Crippen molar-refractivity contribution < 1.29 is 8.78 Å². The van der Waals surface area contributed by atoms with Crippen molar-refractivity contribution in [1.82, 2.24) is 9.97 Å². The molecule has 0 unspecified atom stereocenters. The number of benzene rings is 1. The fourth-order valence-corrected chi connectivity index (χ4v) is 2.63. The number of hydrogen-bond acceptors (Lipinski definition) is 3. The highest BCUT2D eigenvalue weighted by molar-refractivity contribution is 5.56. The van der Waals surface area contributed by atoms with E-state index in [0.29, 0.717) is 24.3 Å². The first-order chi connectivity index (χ1) is 10.0. The van der Waals surface area contributed by atoms with Crippen LogP contribution in [0.15, 0.2) is 27.8 Å². The Morgan fingerprint density at radius 2 is 1.86 bits per heavy atom. The van der Waals surface area contributed by atoms with Crippen LogP contribution in [-0.4, -0.2) is 16.5 Å². The van der Waals surface area contributed by atoms with E-state index in [-0.39, 0.29) is 6.54 Å². The molecule has 0 bridgehead atoms. The number of hydrogen-bond donors (Lipinski definition) is 2. The Hall–Kier alpha value is -2.44. The number of aryl methyl sites for hydroxylation is 1. The lowest BCUT2D eigenvalue weighted by Gasteiger charge is -2.31. The van der Waals surface area contributed by atoms with Gasteiger partial charge in [-0.3, -0.25) is 9.78 Å². The Morgan fingerprint density at radius 3 is 2.62 bits per heavy atom. The van der Waals surface area contributed by atoms with Gasteiger partial charge in [-0.2, -0.15) is 0 Å². The molecule has 7 heteroatoms. The van der Waals surface area contributed by atoms with Crippen molar-refractivity contribution in [1.29, 1.82) is 0 Å². The van der Waals surface area contributed by atoms with Crippen LogP contribution < -0.4 is 16.1 Å². The molecule has 0 amide bonds. The van der Waals surface area contributed by atoms with Gasteiger partial charge in [0.25, 0.3) is 5.56 Å². The minimum Gasteiger partial charge on any atom is -0.365 e. The molecule has 0 aliphatic carbocycles. The Kier molecular flexibility index (Phi) is 3.32. The van der Waals surface area contributed by atoms with Crippen molar-refractivity contribution in [3.8, 4) is 0 Å². The van der Waals surface area contributed by atoms with Gasteiger partial charge in [0.05, 0.1) is 6.54 Å². The zero-order chi connectivity index (χ0) is 15.0. The van der Waals surface area contributed by atoms with E-state index in [2.05, 4.69) is 9.97 Å². The molecule has 0 saturated carbocycles. The zero-order valence-corrected chi connectivity index (χ0v) is 11.1. The molecular formula is C14H13F2N3O2. The molecule has 2 aromatic rings. The second kappa shape index (κ2) is 5.16. The van der Waals surface area contributed by atoms with Gasteiger partial charge in [-0.15, -0.1) is 0 Å². The number of aromatic amines is 2. The van der Waals surface area contributed by atoms with E-state index >= 15 is 0 Å². The van der Waals surface area contributed by atoms with Crippen LogP contribution in [0.3, 0.4) is 0 Å². The molecule has 0 fully saturated rings. The summed E-state index contributed by atoms with van der Waals surface area (Å²) in [5, 5.41) is 0. The highest BCUT2D eigenvalue weighted by Gasteiger charge is 2.20. The Balaban J connectivity index is 1.96. The molecule has 21 heavy (non-hydrogen) atoms. The summed E-state index contributed by atoms with van der Waals surface area (Å²) in [6.07, 6.45) is 1.47. The van der Waals surface area contributed by atoms with Crippen LogP contribution in [0.1, 0.15) is 17.7 Å². The van der Waals surface area contributed by atoms with E-state index in [0.717, 1.165) is 18.1 Å². The van der Waals surface area contributed by atoms with Gasteiger partial charge in [-0.05, 0) is 24.5 Å². The van der Waals surface area contributed by atoms with Gasteiger partial charge >= 0.3 is 5.69 Å². The summed E-state index contributed by atoms with van der Waals surface area (Å²) in [6, 6.07) is 3.65. The fraction of sp³-hybridized carbons (Fsp3) is 0.286. The quantitative estimate of drug-likeness (QED) is 0.877. The van der Waals surface area contributed by atoms with Crippen molar-refractivity contribution in [3.63, 3.8) is 0 Å². The average Bonchev–Trinajstić information content (AvgIpc) is 2.40. The molecular weight excluding hydrogens is 280 g/mol. The molecule has 0 saturated heterocycles. The number of fused-ring (bicyclic) bond motifs is 1. The highest BCUT2D eigenvalue weighted by Crippen LogP contribution is 2.30. The van der Waals surface area contributed by atoms with Crippen molar-refractivity contribution >= 4 is 5.69 Å². The van der Waals surface area contributed by atoms with Crippen LogP contribution in [0.5, 0.6) is 0 Å². The Morgan fingerprint density at radius 1 is 1.10 bits per heavy atom. The van der Waals surface area contributed by atoms with E-state index in [1.165, 1.54) is 12.1 Å². The summed E-state index contributed by atoms with van der Waals surface area (Å²) in [4.78, 5) is 29.0. The summed E-state index contributed by atoms with van der Waals surface area (Å²) in [7, 11) is 0. The first kappa shape index (κ1) is 13.5. The third-order valence-electron chi connectivity index (χ3n) is 3.51. The summed E-state index contributed by atoms with van der Waals surface area (Å²) in [6.45, 7) is 0.907. The number of anilines is 1. The molecule has 0 atom stereocenters. The molecule has 1 aliphatic rings. The van der Waals surface area contributed by atoms with E-state index in [1.807, 2.05) is 4.90 Å². The van der Waals surface area contributed by atoms with Crippen LogP contribution in [-0.2, 0) is 13.0 Å². The predicted molar refractivity (Wildman–Crippen MR) is 73.4 cm³/mol. The molecule has 2 N–H and O–H groups in total. The van der Waals surface area contributed by atoms with Gasteiger partial charge in [0.2, 0.25) is 0 Å². The molecule has 1 aliphatic heterocycles. The van der Waals surface area contributed by atoms with Gasteiger partial charge in [-0.1, -0.05) is 0 Å². The standard InChI is InChI=1S/C14H13F2N3O2/c15-10-4-8-2-1-3-19(12(8)6-11(10)16)7-9-5-13(20)18-14(21)17-9/h4-6H,1-3,7H2,(H2,17,18,20,21). The molecule has 2 heterocycles. The minimum absolute atomic E-state index is 0.261. The smallest absolute Gasteiger partial charge is 0.325 e. The molecule has 1 aromatic heterocycles. The van der Waals surface area contributed by atoms with Gasteiger partial charge in [-0.25, -0.2) is 13.6 Å². The van der Waals surface area contributed by atoms with Crippen LogP contribution >= 0.6 is 0 Å². The van der Waals surface area contributed by atoms with Gasteiger partial charge < -0.3 is 9.88 Å². The fourth-order valence-electron chi connectivity index (χ4n) is 2.63. The second-order valence-electron chi connectivity index (χ2n) is 5.03. The van der Waals surface area contributed by atoms with Crippen LogP contribution in [0.2, 0.25) is 0 Å². The molecule has 3 rings (SSSR count). The maximum absolute atomic E-state index is 13.4. The molecule has 5 nitrogen and oxygen atoms in total. The Labute approximate surface area is 118 Å². The Bertz CT molecular complexity index is 769. The van der Waals surface area contributed by atoms with Gasteiger partial charge in [0, 0.05) is 30.1 Å². The molecule has 0 radical (unpaired) electrons. The number of rotatable bonds is 2. The summed E-state index contributed by atoms with van der Waals surface area (Å²) in [5.41, 5.74) is 0.686. The van der Waals surface area contributed by atoms with E-state index in [4.69, 9.17) is 0 Å². The maximum atomic E-state index is 13.4. The number of nitrogens with one attached hydrogen (secondary N) is 2. The van der Waals surface area contributed by atoms with E-state index in [9.17, 15) is 18.4 Å². The number of nitrogens with zero attached hydrogens (tertiary/aromatic N) is 1. The molecule has 110 valence electrons. The number of aromatic nitrogens is 2. The van der Waals surface area contributed by atoms with E-state index in [1.54, 1.807) is 0 Å². The third kappa shape index (κ3) is 2.72. The van der Waals surface area contributed by atoms with Gasteiger partial charge in [0.15, 0.2) is 11.6 Å². The van der Waals surface area contributed by atoms with Gasteiger partial charge in [0.1, 0.15) is 0 Å². The maximum Gasteiger partial charge on any atom is 0.325 e. The lowest BCUT2D eigenvalue weighted by atomic mass is 10.0. The van der Waals surface area contributed by atoms with Crippen molar-refractivity contribution in [2.45, 2.75) is 19.4 Å². The second-order valence-corrected chi connectivity index (χ2v) is 5.03. The van der Waals surface area contributed by atoms with Crippen LogP contribution in [0.25, 0.3) is 0 Å². The average molecular weight is 293 g/mol. The van der Waals surface area contributed by atoms with Crippen LogP contribution in [0.4, 0.5) is 14.5 Å². The SMILES string of the molecule is O=c1cc(CN2CCCc3cc(F)c(F)cc32)[nH]c(=O)[nH]1. The highest BCUT2D eigenvalue weighted by atomic mass is 19.2. The molecule has 0 spiro atoms. The lowest BCUT2D eigenvalue weighted by Crippen LogP contribution is -2.32. The first-order valence-electron chi connectivity index (χ1n) is 6.58. The van der Waals surface area contributed by atoms with Crippen LogP contribution in [0, 0.1) is 11.6 Å². The van der Waals surface area contributed by atoms with E-state index < -0.39 is 22.9 Å². The molecule has 1 aromatic carbocycles. The van der Waals surface area contributed by atoms with Crippen molar-refractivity contribution in [2.75, 3.05) is 11.4 Å². The number of halogens is 2. The normalized spacial score (nSPS) is 14.1. The minimum atomic E-state index is -0.903. The largest absolute Gasteiger partial charge is 0.365 e.